The third-order valence-electron chi connectivity index (χ3n) is 2.45. The molecule has 1 aromatic heterocycles. The molecule has 7 heteroatoms. The average Bonchev–Trinajstić information content (AvgIpc) is 2.85. The van der Waals surface area contributed by atoms with Crippen molar-refractivity contribution in [2.75, 3.05) is 5.32 Å². The van der Waals surface area contributed by atoms with E-state index in [0.717, 1.165) is 10.2 Å². The van der Waals surface area contributed by atoms with Crippen LogP contribution in [0.4, 0.5) is 14.5 Å². The third-order valence-corrected chi connectivity index (χ3v) is 3.98. The largest absolute Gasteiger partial charge is 0.463 e. The number of hydrogen-bond donors (Lipinski definition) is 1. The van der Waals surface area contributed by atoms with Gasteiger partial charge in [-0.1, -0.05) is 39.3 Å². The van der Waals surface area contributed by atoms with Crippen LogP contribution in [-0.2, 0) is 12.3 Å². The third kappa shape index (κ3) is 4.68. The molecule has 0 unspecified atom stereocenters. The lowest BCUT2D eigenvalue weighted by atomic mass is 10.3. The number of nitrogens with one attached hydrogen (secondary N) is 1. The molecular weight excluding hydrogens is 372 g/mol. The van der Waals surface area contributed by atoms with Crippen molar-refractivity contribution >= 4 is 45.0 Å². The number of benzene rings is 1. The maximum absolute atomic E-state index is 12.1. The molecule has 108 valence electrons. The van der Waals surface area contributed by atoms with Gasteiger partial charge in [-0.05, 0) is 30.3 Å². The second-order valence-corrected chi connectivity index (χ2v) is 6.22. The standard InChI is InChI=1S/C13H11BrClF2NOS/c14-8-1-4-11(15)12(5-8)18-6-9-2-3-10(19-9)7-20-13(16)17/h1-5,13,18H,6-7H2. The number of anilines is 1. The first kappa shape index (κ1) is 15.7. The van der Waals surface area contributed by atoms with Gasteiger partial charge >= 0.3 is 0 Å². The molecule has 2 aromatic rings. The van der Waals surface area contributed by atoms with Crippen LogP contribution < -0.4 is 5.32 Å². The van der Waals surface area contributed by atoms with Crippen LogP contribution in [0.5, 0.6) is 0 Å². The van der Waals surface area contributed by atoms with Crippen molar-refractivity contribution in [2.24, 2.45) is 0 Å². The quantitative estimate of drug-likeness (QED) is 0.687. The second-order valence-electron chi connectivity index (χ2n) is 3.92. The summed E-state index contributed by atoms with van der Waals surface area (Å²) in [4.78, 5) is 0. The summed E-state index contributed by atoms with van der Waals surface area (Å²) >= 11 is 9.96. The highest BCUT2D eigenvalue weighted by molar-refractivity contribution is 9.10. The maximum atomic E-state index is 12.1. The van der Waals surface area contributed by atoms with Crippen molar-refractivity contribution < 1.29 is 13.2 Å². The van der Waals surface area contributed by atoms with Gasteiger partial charge in [-0.2, -0.15) is 8.78 Å². The topological polar surface area (TPSA) is 25.2 Å². The Balaban J connectivity index is 1.92. The van der Waals surface area contributed by atoms with Crippen LogP contribution in [0.1, 0.15) is 11.5 Å². The Hall–Kier alpha value is -0.720. The molecule has 1 heterocycles. The minimum atomic E-state index is -2.39. The fourth-order valence-electron chi connectivity index (χ4n) is 1.56. The monoisotopic (exact) mass is 381 g/mol. The minimum Gasteiger partial charge on any atom is -0.463 e. The van der Waals surface area contributed by atoms with E-state index in [-0.39, 0.29) is 5.75 Å². The highest BCUT2D eigenvalue weighted by Gasteiger charge is 2.08. The molecule has 2 nitrogen and oxygen atoms in total. The van der Waals surface area contributed by atoms with Crippen LogP contribution in [0, 0.1) is 0 Å². The molecule has 0 aliphatic carbocycles. The summed E-state index contributed by atoms with van der Waals surface area (Å²) in [5.74, 6) is -1.02. The van der Waals surface area contributed by atoms with Gasteiger partial charge in [-0.15, -0.1) is 0 Å². The molecule has 2 rings (SSSR count). The zero-order valence-electron chi connectivity index (χ0n) is 10.2. The van der Waals surface area contributed by atoms with Gasteiger partial charge in [-0.3, -0.25) is 0 Å². The number of rotatable bonds is 6. The van der Waals surface area contributed by atoms with Gasteiger partial charge in [-0.25, -0.2) is 0 Å². The molecule has 0 bridgehead atoms. The summed E-state index contributed by atoms with van der Waals surface area (Å²) in [6.07, 6.45) is 0. The summed E-state index contributed by atoms with van der Waals surface area (Å²) in [5, 5.41) is 3.74. The van der Waals surface area contributed by atoms with Crippen LogP contribution in [0.25, 0.3) is 0 Å². The molecule has 0 aliphatic rings. The van der Waals surface area contributed by atoms with Gasteiger partial charge in [0.05, 0.1) is 23.0 Å². The predicted octanol–water partition coefficient (Wildman–Crippen LogP) is 5.76. The van der Waals surface area contributed by atoms with E-state index in [2.05, 4.69) is 21.2 Å². The summed E-state index contributed by atoms with van der Waals surface area (Å²) in [6.45, 7) is 0.440. The maximum Gasteiger partial charge on any atom is 0.284 e. The van der Waals surface area contributed by atoms with E-state index in [4.69, 9.17) is 16.0 Å². The van der Waals surface area contributed by atoms with Crippen molar-refractivity contribution in [3.8, 4) is 0 Å². The molecule has 20 heavy (non-hydrogen) atoms. The van der Waals surface area contributed by atoms with Crippen molar-refractivity contribution in [1.29, 1.82) is 0 Å². The minimum absolute atomic E-state index is 0.162. The molecular formula is C13H11BrClF2NOS. The second kappa shape index (κ2) is 7.33. The molecule has 0 saturated carbocycles. The Kier molecular flexibility index (Phi) is 5.74. The van der Waals surface area contributed by atoms with Gasteiger partial charge in [0.1, 0.15) is 11.5 Å². The van der Waals surface area contributed by atoms with E-state index >= 15 is 0 Å². The molecule has 1 aromatic carbocycles. The highest BCUT2D eigenvalue weighted by Crippen LogP contribution is 2.26. The normalized spacial score (nSPS) is 11.1. The Morgan fingerprint density at radius 3 is 2.75 bits per heavy atom. The van der Waals surface area contributed by atoms with E-state index in [0.29, 0.717) is 34.8 Å². The summed E-state index contributed by atoms with van der Waals surface area (Å²) in [6, 6.07) is 8.95. The number of halogens is 4. The molecule has 0 radical (unpaired) electrons. The Morgan fingerprint density at radius 1 is 1.25 bits per heavy atom. The first-order valence-electron chi connectivity index (χ1n) is 5.71. The van der Waals surface area contributed by atoms with E-state index < -0.39 is 5.76 Å². The fraction of sp³-hybridized carbons (Fsp3) is 0.231. The van der Waals surface area contributed by atoms with Gasteiger partial charge in [0.2, 0.25) is 0 Å². The van der Waals surface area contributed by atoms with Crippen molar-refractivity contribution in [3.63, 3.8) is 0 Å². The first-order valence-corrected chi connectivity index (χ1v) is 7.93. The Labute approximate surface area is 133 Å². The molecule has 0 spiro atoms. The number of furan rings is 1. The van der Waals surface area contributed by atoms with E-state index in [9.17, 15) is 8.78 Å². The lowest BCUT2D eigenvalue weighted by Gasteiger charge is -2.07. The van der Waals surface area contributed by atoms with Crippen molar-refractivity contribution in [2.45, 2.75) is 18.1 Å². The van der Waals surface area contributed by atoms with Crippen molar-refractivity contribution in [1.82, 2.24) is 0 Å². The van der Waals surface area contributed by atoms with Crippen LogP contribution in [0.15, 0.2) is 39.2 Å². The predicted molar refractivity (Wildman–Crippen MR) is 82.5 cm³/mol. The number of alkyl halides is 2. The molecule has 0 aliphatic heterocycles. The molecule has 0 fully saturated rings. The Morgan fingerprint density at radius 2 is 2.00 bits per heavy atom. The average molecular weight is 383 g/mol. The van der Waals surface area contributed by atoms with Gasteiger partial charge < -0.3 is 9.73 Å². The molecule has 0 saturated heterocycles. The van der Waals surface area contributed by atoms with Crippen molar-refractivity contribution in [3.05, 3.63) is 51.3 Å². The van der Waals surface area contributed by atoms with Crippen LogP contribution in [0.2, 0.25) is 5.02 Å². The zero-order valence-corrected chi connectivity index (χ0v) is 13.4. The van der Waals surface area contributed by atoms with Crippen LogP contribution >= 0.6 is 39.3 Å². The van der Waals surface area contributed by atoms with Crippen LogP contribution in [0.3, 0.4) is 0 Å². The highest BCUT2D eigenvalue weighted by atomic mass is 79.9. The van der Waals surface area contributed by atoms with Gasteiger partial charge in [0.25, 0.3) is 5.76 Å². The summed E-state index contributed by atoms with van der Waals surface area (Å²) in [7, 11) is 0. The van der Waals surface area contributed by atoms with E-state index in [1.807, 2.05) is 12.1 Å². The molecule has 1 N–H and O–H groups in total. The lowest BCUT2D eigenvalue weighted by molar-refractivity contribution is 0.251. The fourth-order valence-corrected chi connectivity index (χ4v) is 2.55. The molecule has 0 amide bonds. The van der Waals surface area contributed by atoms with Gasteiger partial charge in [0.15, 0.2) is 0 Å². The summed E-state index contributed by atoms with van der Waals surface area (Å²) < 4.78 is 30.5. The van der Waals surface area contributed by atoms with E-state index in [1.165, 1.54) is 0 Å². The Bertz CT molecular complexity index is 579. The smallest absolute Gasteiger partial charge is 0.284 e. The zero-order chi connectivity index (χ0) is 14.5. The SMILES string of the molecule is FC(F)SCc1ccc(CNc2cc(Br)ccc2Cl)o1. The molecule has 0 atom stereocenters. The lowest BCUT2D eigenvalue weighted by Crippen LogP contribution is -1.98. The van der Waals surface area contributed by atoms with Gasteiger partial charge in [0, 0.05) is 4.47 Å². The number of hydrogen-bond acceptors (Lipinski definition) is 3. The summed E-state index contributed by atoms with van der Waals surface area (Å²) in [5.41, 5.74) is 0.779. The van der Waals surface area contributed by atoms with E-state index in [1.54, 1.807) is 18.2 Å². The number of thioether (sulfide) groups is 1. The van der Waals surface area contributed by atoms with Crippen LogP contribution in [-0.4, -0.2) is 5.76 Å². The first-order chi connectivity index (χ1) is 9.54.